The minimum absolute atomic E-state index is 0.00721. The van der Waals surface area contributed by atoms with Crippen molar-refractivity contribution in [2.24, 2.45) is 5.92 Å². The number of hydrogen-bond acceptors (Lipinski definition) is 4. The third-order valence-corrected chi connectivity index (χ3v) is 3.73. The molecule has 0 aliphatic carbocycles. The molecule has 3 N–H and O–H groups in total. The molecule has 5 nitrogen and oxygen atoms in total. The molecule has 2 rings (SSSR count). The van der Waals surface area contributed by atoms with Crippen LogP contribution in [0.1, 0.15) is 13.3 Å². The van der Waals surface area contributed by atoms with Crippen molar-refractivity contribution >= 4 is 11.6 Å². The number of ether oxygens (including phenoxy) is 1. The minimum Gasteiger partial charge on any atom is -0.482 e. The first-order chi connectivity index (χ1) is 9.56. The normalized spacial score (nSPS) is 23.3. The molecule has 1 aromatic carbocycles. The highest BCUT2D eigenvalue weighted by molar-refractivity contribution is 5.78. The Labute approximate surface area is 120 Å². The standard InChI is InChI=1S/C15H23N3O2/c1-11-9-18(2)8-7-13(11)17-15(19)10-20-14-6-4-3-5-12(14)16/h3-6,11,13H,7-10,16H2,1-2H3,(H,17,19). The van der Waals surface area contributed by atoms with Crippen molar-refractivity contribution in [3.05, 3.63) is 24.3 Å². The maximum atomic E-state index is 11.9. The number of hydrogen-bond donors (Lipinski definition) is 2. The summed E-state index contributed by atoms with van der Waals surface area (Å²) in [5, 5.41) is 3.05. The Morgan fingerprint density at radius 3 is 2.95 bits per heavy atom. The lowest BCUT2D eigenvalue weighted by atomic mass is 9.94. The Morgan fingerprint density at radius 1 is 1.50 bits per heavy atom. The van der Waals surface area contributed by atoms with Gasteiger partial charge in [0.1, 0.15) is 5.75 Å². The second kappa shape index (κ2) is 6.61. The monoisotopic (exact) mass is 277 g/mol. The largest absolute Gasteiger partial charge is 0.482 e. The Morgan fingerprint density at radius 2 is 2.25 bits per heavy atom. The number of nitrogens with one attached hydrogen (secondary N) is 1. The number of carbonyl (C=O) groups excluding carboxylic acids is 1. The molecule has 0 radical (unpaired) electrons. The molecule has 20 heavy (non-hydrogen) atoms. The lowest BCUT2D eigenvalue weighted by Gasteiger charge is -2.35. The van der Waals surface area contributed by atoms with Crippen LogP contribution < -0.4 is 15.8 Å². The summed E-state index contributed by atoms with van der Waals surface area (Å²) in [5.74, 6) is 0.924. The molecule has 0 saturated carbocycles. The summed E-state index contributed by atoms with van der Waals surface area (Å²) in [6, 6.07) is 7.42. The van der Waals surface area contributed by atoms with Crippen molar-refractivity contribution in [3.8, 4) is 5.75 Å². The second-order valence-electron chi connectivity index (χ2n) is 5.53. The fourth-order valence-corrected chi connectivity index (χ4v) is 2.57. The number of nitrogens with zero attached hydrogens (tertiary/aromatic N) is 1. The van der Waals surface area contributed by atoms with E-state index >= 15 is 0 Å². The van der Waals surface area contributed by atoms with Crippen molar-refractivity contribution in [2.75, 3.05) is 32.5 Å². The van der Waals surface area contributed by atoms with Crippen molar-refractivity contribution < 1.29 is 9.53 Å². The fraction of sp³-hybridized carbons (Fsp3) is 0.533. The zero-order valence-corrected chi connectivity index (χ0v) is 12.1. The van der Waals surface area contributed by atoms with Gasteiger partial charge in [0.05, 0.1) is 5.69 Å². The van der Waals surface area contributed by atoms with Crippen LogP contribution in [0.15, 0.2) is 24.3 Å². The van der Waals surface area contributed by atoms with Crippen LogP contribution in [0.3, 0.4) is 0 Å². The Hall–Kier alpha value is -1.75. The van der Waals surface area contributed by atoms with Crippen LogP contribution in [-0.2, 0) is 4.79 Å². The van der Waals surface area contributed by atoms with Gasteiger partial charge < -0.3 is 20.7 Å². The molecule has 1 aromatic rings. The maximum absolute atomic E-state index is 11.9. The first-order valence-corrected chi connectivity index (χ1v) is 7.01. The molecule has 0 spiro atoms. The van der Waals surface area contributed by atoms with E-state index in [0.717, 1.165) is 19.5 Å². The van der Waals surface area contributed by atoms with Crippen molar-refractivity contribution in [2.45, 2.75) is 19.4 Å². The Bertz CT molecular complexity index is 464. The number of rotatable bonds is 4. The van der Waals surface area contributed by atoms with E-state index in [2.05, 4.69) is 24.2 Å². The van der Waals surface area contributed by atoms with Gasteiger partial charge in [-0.25, -0.2) is 0 Å². The number of carbonyl (C=O) groups is 1. The van der Waals surface area contributed by atoms with Gasteiger partial charge in [-0.15, -0.1) is 0 Å². The number of amides is 1. The van der Waals surface area contributed by atoms with Crippen LogP contribution in [0.5, 0.6) is 5.75 Å². The van der Waals surface area contributed by atoms with E-state index < -0.39 is 0 Å². The zero-order valence-electron chi connectivity index (χ0n) is 12.1. The lowest BCUT2D eigenvalue weighted by Crippen LogP contribution is -2.49. The third kappa shape index (κ3) is 3.87. The van der Waals surface area contributed by atoms with Crippen LogP contribution in [0, 0.1) is 5.92 Å². The highest BCUT2D eigenvalue weighted by atomic mass is 16.5. The van der Waals surface area contributed by atoms with E-state index in [9.17, 15) is 4.79 Å². The van der Waals surface area contributed by atoms with Crippen molar-refractivity contribution in [1.82, 2.24) is 10.2 Å². The molecule has 1 aliphatic heterocycles. The number of piperidine rings is 1. The number of para-hydroxylation sites is 2. The fourth-order valence-electron chi connectivity index (χ4n) is 2.57. The van der Waals surface area contributed by atoms with E-state index in [1.54, 1.807) is 12.1 Å². The van der Waals surface area contributed by atoms with Crippen LogP contribution in [-0.4, -0.2) is 43.6 Å². The van der Waals surface area contributed by atoms with E-state index in [0.29, 0.717) is 17.4 Å². The summed E-state index contributed by atoms with van der Waals surface area (Å²) in [7, 11) is 2.11. The average molecular weight is 277 g/mol. The molecule has 2 atom stereocenters. The maximum Gasteiger partial charge on any atom is 0.258 e. The molecule has 1 fully saturated rings. The van der Waals surface area contributed by atoms with E-state index in [1.165, 1.54) is 0 Å². The molecule has 2 unspecified atom stereocenters. The second-order valence-corrected chi connectivity index (χ2v) is 5.53. The van der Waals surface area contributed by atoms with E-state index in [1.807, 2.05) is 12.1 Å². The van der Waals surface area contributed by atoms with Gasteiger partial charge >= 0.3 is 0 Å². The predicted molar refractivity (Wildman–Crippen MR) is 79.6 cm³/mol. The van der Waals surface area contributed by atoms with Crippen molar-refractivity contribution in [3.63, 3.8) is 0 Å². The summed E-state index contributed by atoms with van der Waals surface area (Å²) >= 11 is 0. The molecule has 1 amide bonds. The highest BCUT2D eigenvalue weighted by Crippen LogP contribution is 2.19. The molecule has 1 heterocycles. The first-order valence-electron chi connectivity index (χ1n) is 7.01. The number of anilines is 1. The first kappa shape index (κ1) is 14.7. The highest BCUT2D eigenvalue weighted by Gasteiger charge is 2.25. The van der Waals surface area contributed by atoms with E-state index in [-0.39, 0.29) is 18.6 Å². The molecule has 110 valence electrons. The molecule has 1 saturated heterocycles. The lowest BCUT2D eigenvalue weighted by molar-refractivity contribution is -0.124. The number of nitrogen functional groups attached to an aromatic ring is 1. The topological polar surface area (TPSA) is 67.6 Å². The van der Waals surface area contributed by atoms with E-state index in [4.69, 9.17) is 10.5 Å². The molecule has 0 aromatic heterocycles. The van der Waals surface area contributed by atoms with Gasteiger partial charge in [0.25, 0.3) is 5.91 Å². The number of likely N-dealkylation sites (tertiary alicyclic amines) is 1. The summed E-state index contributed by atoms with van der Waals surface area (Å²) in [6.07, 6.45) is 0.983. The summed E-state index contributed by atoms with van der Waals surface area (Å²) in [6.45, 7) is 4.20. The van der Waals surface area contributed by atoms with Gasteiger partial charge in [-0.1, -0.05) is 19.1 Å². The van der Waals surface area contributed by atoms with Gasteiger partial charge in [-0.3, -0.25) is 4.79 Å². The van der Waals surface area contributed by atoms with Crippen LogP contribution >= 0.6 is 0 Å². The van der Waals surface area contributed by atoms with Gasteiger partial charge in [0, 0.05) is 12.6 Å². The summed E-state index contributed by atoms with van der Waals surface area (Å²) in [5.41, 5.74) is 6.32. The van der Waals surface area contributed by atoms with Gasteiger partial charge in [-0.2, -0.15) is 0 Å². The van der Waals surface area contributed by atoms with Crippen LogP contribution in [0.25, 0.3) is 0 Å². The Kier molecular flexibility index (Phi) is 4.84. The summed E-state index contributed by atoms with van der Waals surface area (Å²) in [4.78, 5) is 14.2. The molecular weight excluding hydrogens is 254 g/mol. The molecule has 5 heteroatoms. The Balaban J connectivity index is 1.80. The van der Waals surface area contributed by atoms with Gasteiger partial charge in [0.15, 0.2) is 6.61 Å². The van der Waals surface area contributed by atoms with Crippen LogP contribution in [0.4, 0.5) is 5.69 Å². The minimum atomic E-state index is -0.0883. The van der Waals surface area contributed by atoms with Gasteiger partial charge in [0.2, 0.25) is 0 Å². The molecule has 1 aliphatic rings. The molecule has 0 bridgehead atoms. The van der Waals surface area contributed by atoms with Crippen LogP contribution in [0.2, 0.25) is 0 Å². The quantitative estimate of drug-likeness (QED) is 0.809. The smallest absolute Gasteiger partial charge is 0.258 e. The predicted octanol–water partition coefficient (Wildman–Crippen LogP) is 1.10. The number of benzene rings is 1. The van der Waals surface area contributed by atoms with Gasteiger partial charge in [-0.05, 0) is 38.1 Å². The zero-order chi connectivity index (χ0) is 14.5. The molecular formula is C15H23N3O2. The summed E-state index contributed by atoms with van der Waals surface area (Å²) < 4.78 is 5.45. The van der Waals surface area contributed by atoms with Crippen molar-refractivity contribution in [1.29, 1.82) is 0 Å². The average Bonchev–Trinajstić information content (AvgIpc) is 2.41. The number of nitrogens with two attached hydrogens (primary N) is 1. The third-order valence-electron chi connectivity index (χ3n) is 3.73. The SMILES string of the molecule is CC1CN(C)CCC1NC(=O)COc1ccccc1N.